The number of benzene rings is 2. The summed E-state index contributed by atoms with van der Waals surface area (Å²) >= 11 is 0. The maximum Gasteiger partial charge on any atom is 0.319 e. The summed E-state index contributed by atoms with van der Waals surface area (Å²) in [5.41, 5.74) is 2.72. The van der Waals surface area contributed by atoms with Gasteiger partial charge < -0.3 is 20.3 Å². The van der Waals surface area contributed by atoms with Crippen LogP contribution in [0.15, 0.2) is 48.5 Å². The van der Waals surface area contributed by atoms with Gasteiger partial charge in [0.25, 0.3) is 0 Å². The Morgan fingerprint density at radius 3 is 2.64 bits per heavy atom. The SMILES string of the molecule is COc1ccccc1CNC(=O)Nc1cccc(N(C)C)c1. The monoisotopic (exact) mass is 299 g/mol. The average Bonchev–Trinajstić information content (AvgIpc) is 2.53. The molecule has 2 amide bonds. The molecular formula is C17H21N3O2. The molecule has 0 saturated carbocycles. The first-order chi connectivity index (χ1) is 10.6. The number of carbonyl (C=O) groups excluding carboxylic acids is 1. The molecule has 0 radical (unpaired) electrons. The van der Waals surface area contributed by atoms with E-state index in [0.717, 1.165) is 22.7 Å². The Morgan fingerprint density at radius 1 is 1.14 bits per heavy atom. The van der Waals surface area contributed by atoms with Crippen molar-refractivity contribution in [3.05, 3.63) is 54.1 Å². The first kappa shape index (κ1) is 15.7. The lowest BCUT2D eigenvalue weighted by Gasteiger charge is -2.14. The highest BCUT2D eigenvalue weighted by Crippen LogP contribution is 2.18. The molecule has 0 aliphatic heterocycles. The lowest BCUT2D eigenvalue weighted by atomic mass is 10.2. The Kier molecular flexibility index (Phi) is 5.25. The summed E-state index contributed by atoms with van der Waals surface area (Å²) in [7, 11) is 5.54. The number of para-hydroxylation sites is 1. The number of methoxy groups -OCH3 is 1. The van der Waals surface area contributed by atoms with Crippen LogP contribution in [0.4, 0.5) is 16.2 Å². The van der Waals surface area contributed by atoms with Crippen molar-refractivity contribution in [2.75, 3.05) is 31.4 Å². The van der Waals surface area contributed by atoms with E-state index in [1.54, 1.807) is 7.11 Å². The zero-order chi connectivity index (χ0) is 15.9. The third-order valence-electron chi connectivity index (χ3n) is 3.25. The summed E-state index contributed by atoms with van der Waals surface area (Å²) in [6.45, 7) is 0.406. The average molecular weight is 299 g/mol. The van der Waals surface area contributed by atoms with Gasteiger partial charge in [0.1, 0.15) is 5.75 Å². The number of ether oxygens (including phenoxy) is 1. The first-order valence-corrected chi connectivity index (χ1v) is 7.04. The van der Waals surface area contributed by atoms with Crippen molar-refractivity contribution in [2.45, 2.75) is 6.54 Å². The van der Waals surface area contributed by atoms with Crippen LogP contribution in [0.25, 0.3) is 0 Å². The summed E-state index contributed by atoms with van der Waals surface area (Å²) in [6, 6.07) is 15.0. The van der Waals surface area contributed by atoms with Gasteiger partial charge >= 0.3 is 6.03 Å². The molecule has 0 fully saturated rings. The first-order valence-electron chi connectivity index (χ1n) is 7.04. The Hall–Kier alpha value is -2.69. The highest BCUT2D eigenvalue weighted by molar-refractivity contribution is 5.89. The van der Waals surface area contributed by atoms with E-state index >= 15 is 0 Å². The van der Waals surface area contributed by atoms with Gasteiger partial charge in [0.2, 0.25) is 0 Å². The summed E-state index contributed by atoms with van der Waals surface area (Å²) < 4.78 is 5.26. The largest absolute Gasteiger partial charge is 0.496 e. The van der Waals surface area contributed by atoms with Crippen LogP contribution in [0.3, 0.4) is 0 Å². The second-order valence-corrected chi connectivity index (χ2v) is 5.06. The molecule has 5 nitrogen and oxygen atoms in total. The molecule has 0 bridgehead atoms. The molecule has 0 unspecified atom stereocenters. The zero-order valence-electron chi connectivity index (χ0n) is 13.1. The van der Waals surface area contributed by atoms with E-state index in [0.29, 0.717) is 6.54 Å². The van der Waals surface area contributed by atoms with Gasteiger partial charge in [-0.25, -0.2) is 4.79 Å². The van der Waals surface area contributed by atoms with Crippen LogP contribution in [0, 0.1) is 0 Å². The molecule has 0 spiro atoms. The summed E-state index contributed by atoms with van der Waals surface area (Å²) in [5.74, 6) is 0.761. The van der Waals surface area contributed by atoms with Crippen LogP contribution in [-0.4, -0.2) is 27.2 Å². The molecule has 2 N–H and O–H groups in total. The van der Waals surface area contributed by atoms with Crippen molar-refractivity contribution in [3.63, 3.8) is 0 Å². The molecule has 0 heterocycles. The Balaban J connectivity index is 1.94. The van der Waals surface area contributed by atoms with E-state index in [1.807, 2.05) is 67.5 Å². The van der Waals surface area contributed by atoms with E-state index in [-0.39, 0.29) is 6.03 Å². The Bertz CT molecular complexity index is 641. The van der Waals surface area contributed by atoms with Gasteiger partial charge in [-0.2, -0.15) is 0 Å². The van der Waals surface area contributed by atoms with E-state index in [4.69, 9.17) is 4.74 Å². The fourth-order valence-electron chi connectivity index (χ4n) is 2.06. The molecule has 0 saturated heterocycles. The van der Waals surface area contributed by atoms with Gasteiger partial charge in [0.15, 0.2) is 0 Å². The molecule has 0 atom stereocenters. The fraction of sp³-hybridized carbons (Fsp3) is 0.235. The van der Waals surface area contributed by atoms with Gasteiger partial charge in [-0.1, -0.05) is 24.3 Å². The van der Waals surface area contributed by atoms with E-state index < -0.39 is 0 Å². The van der Waals surface area contributed by atoms with E-state index in [1.165, 1.54) is 0 Å². The van der Waals surface area contributed by atoms with Gasteiger partial charge in [-0.05, 0) is 24.3 Å². The molecule has 0 aliphatic rings. The van der Waals surface area contributed by atoms with Crippen molar-refractivity contribution in [3.8, 4) is 5.75 Å². The van der Waals surface area contributed by atoms with Gasteiger partial charge in [0.05, 0.1) is 7.11 Å². The van der Waals surface area contributed by atoms with Crippen LogP contribution in [0.1, 0.15) is 5.56 Å². The maximum absolute atomic E-state index is 12.0. The highest BCUT2D eigenvalue weighted by Gasteiger charge is 2.06. The quantitative estimate of drug-likeness (QED) is 0.892. The lowest BCUT2D eigenvalue weighted by Crippen LogP contribution is -2.28. The second-order valence-electron chi connectivity index (χ2n) is 5.06. The number of rotatable bonds is 5. The van der Waals surface area contributed by atoms with Crippen molar-refractivity contribution >= 4 is 17.4 Å². The molecule has 0 aromatic heterocycles. The third-order valence-corrected chi connectivity index (χ3v) is 3.25. The maximum atomic E-state index is 12.0. The van der Waals surface area contributed by atoms with Crippen molar-refractivity contribution in [1.82, 2.24) is 5.32 Å². The highest BCUT2D eigenvalue weighted by atomic mass is 16.5. The minimum atomic E-state index is -0.248. The number of anilines is 2. The molecule has 2 rings (SSSR count). The zero-order valence-corrected chi connectivity index (χ0v) is 13.1. The molecule has 5 heteroatoms. The number of amides is 2. The number of urea groups is 1. The fourth-order valence-corrected chi connectivity index (χ4v) is 2.06. The van der Waals surface area contributed by atoms with Gasteiger partial charge in [-0.3, -0.25) is 0 Å². The van der Waals surface area contributed by atoms with Crippen molar-refractivity contribution in [1.29, 1.82) is 0 Å². The topological polar surface area (TPSA) is 53.6 Å². The van der Waals surface area contributed by atoms with Crippen LogP contribution in [-0.2, 0) is 6.54 Å². The van der Waals surface area contributed by atoms with Gasteiger partial charge in [-0.15, -0.1) is 0 Å². The molecule has 0 aliphatic carbocycles. The predicted octanol–water partition coefficient (Wildman–Crippen LogP) is 3.08. The second kappa shape index (κ2) is 7.36. The standard InChI is InChI=1S/C17H21N3O2/c1-20(2)15-9-6-8-14(11-15)19-17(21)18-12-13-7-4-5-10-16(13)22-3/h4-11H,12H2,1-3H3,(H2,18,19,21). The van der Waals surface area contributed by atoms with Crippen LogP contribution >= 0.6 is 0 Å². The van der Waals surface area contributed by atoms with E-state index in [2.05, 4.69) is 10.6 Å². The van der Waals surface area contributed by atoms with Crippen LogP contribution < -0.4 is 20.3 Å². The molecular weight excluding hydrogens is 278 g/mol. The smallest absolute Gasteiger partial charge is 0.319 e. The number of nitrogens with one attached hydrogen (secondary N) is 2. The summed E-state index contributed by atoms with van der Waals surface area (Å²) in [5, 5.41) is 5.65. The summed E-state index contributed by atoms with van der Waals surface area (Å²) in [6.07, 6.45) is 0. The van der Waals surface area contributed by atoms with Gasteiger partial charge in [0, 0.05) is 37.6 Å². The molecule has 2 aromatic carbocycles. The van der Waals surface area contributed by atoms with Crippen molar-refractivity contribution in [2.24, 2.45) is 0 Å². The lowest BCUT2D eigenvalue weighted by molar-refractivity contribution is 0.251. The minimum absolute atomic E-state index is 0.248. The number of hydrogen-bond acceptors (Lipinski definition) is 3. The molecule has 22 heavy (non-hydrogen) atoms. The van der Waals surface area contributed by atoms with Crippen molar-refractivity contribution < 1.29 is 9.53 Å². The third kappa shape index (κ3) is 4.15. The Morgan fingerprint density at radius 2 is 1.91 bits per heavy atom. The summed E-state index contributed by atoms with van der Waals surface area (Å²) in [4.78, 5) is 14.0. The van der Waals surface area contributed by atoms with Crippen LogP contribution in [0.5, 0.6) is 5.75 Å². The number of carbonyl (C=O) groups is 1. The number of nitrogens with zero attached hydrogens (tertiary/aromatic N) is 1. The van der Waals surface area contributed by atoms with E-state index in [9.17, 15) is 4.79 Å². The molecule has 2 aromatic rings. The predicted molar refractivity (Wildman–Crippen MR) is 89.6 cm³/mol. The normalized spacial score (nSPS) is 9.95. The molecule has 116 valence electrons. The van der Waals surface area contributed by atoms with Crippen LogP contribution in [0.2, 0.25) is 0 Å². The Labute approximate surface area is 130 Å². The minimum Gasteiger partial charge on any atom is -0.496 e. The number of hydrogen-bond donors (Lipinski definition) is 2.